The van der Waals surface area contributed by atoms with Crippen LogP contribution in [0.1, 0.15) is 84.7 Å². The van der Waals surface area contributed by atoms with E-state index in [0.717, 1.165) is 37.4 Å². The minimum atomic E-state index is -0.595. The van der Waals surface area contributed by atoms with Gasteiger partial charge in [-0.1, -0.05) is 42.7 Å². The molecule has 0 radical (unpaired) electrons. The van der Waals surface area contributed by atoms with E-state index in [0.29, 0.717) is 58.3 Å². The van der Waals surface area contributed by atoms with Crippen molar-refractivity contribution in [3.8, 4) is 22.8 Å². The molecule has 13 nitrogen and oxygen atoms in total. The van der Waals surface area contributed by atoms with Crippen LogP contribution in [0.25, 0.3) is 22.3 Å². The molecule has 4 rings (SSSR count). The number of furan rings is 1. The van der Waals surface area contributed by atoms with Crippen molar-refractivity contribution in [1.82, 2.24) is 20.9 Å². The lowest BCUT2D eigenvalue weighted by Gasteiger charge is -2.39. The van der Waals surface area contributed by atoms with Gasteiger partial charge in [0.05, 0.1) is 12.2 Å². The zero-order valence-corrected chi connectivity index (χ0v) is 36.7. The number of nitrogens with one attached hydrogen (secondary N) is 3. The summed E-state index contributed by atoms with van der Waals surface area (Å²) in [5.74, 6) is 0.962. The van der Waals surface area contributed by atoms with Gasteiger partial charge in [0.15, 0.2) is 12.4 Å². The predicted molar refractivity (Wildman–Crippen MR) is 236 cm³/mol. The molecule has 1 heterocycles. The van der Waals surface area contributed by atoms with Crippen molar-refractivity contribution >= 4 is 34.3 Å². The van der Waals surface area contributed by atoms with Gasteiger partial charge in [-0.05, 0) is 128 Å². The first kappa shape index (κ1) is 47.0. The Balaban J connectivity index is 1.43. The Kier molecular flexibility index (Phi) is 16.7. The van der Waals surface area contributed by atoms with Crippen molar-refractivity contribution < 1.29 is 23.5 Å². The first-order valence-corrected chi connectivity index (χ1v) is 20.7. The highest BCUT2D eigenvalue weighted by Crippen LogP contribution is 2.37. The number of fused-ring (bicyclic) bond motifs is 1. The second kappa shape index (κ2) is 21.0. The molecule has 3 N–H and O–H groups in total. The molecule has 59 heavy (non-hydrogen) atoms. The molecule has 0 aliphatic carbocycles. The summed E-state index contributed by atoms with van der Waals surface area (Å²) in [6.45, 7) is 21.9. The molecule has 0 aliphatic heterocycles. The van der Waals surface area contributed by atoms with Crippen LogP contribution in [0.15, 0.2) is 81.5 Å². The summed E-state index contributed by atoms with van der Waals surface area (Å²) in [6.07, 6.45) is 0.919. The smallest absolute Gasteiger partial charge is 0.257 e. The summed E-state index contributed by atoms with van der Waals surface area (Å²) in [5, 5.41) is 17.3. The SMILES string of the molecule is CCN(CC)CCCOc1ccc(-c2oc3ccc(Cl)cc3c2C(=O)c2ccc(OCC(=O)NCC(C)(CNC(C)(C)C(C)N=O)CNC(C)(C)C(C)N=O)cc2)cc1. The quantitative estimate of drug-likeness (QED) is 0.0335. The molecule has 0 aliphatic rings. The highest BCUT2D eigenvalue weighted by Gasteiger charge is 2.35. The van der Waals surface area contributed by atoms with Gasteiger partial charge in [0, 0.05) is 64.2 Å². The molecule has 14 heteroatoms. The third kappa shape index (κ3) is 12.9. The Labute approximate surface area is 353 Å². The van der Waals surface area contributed by atoms with Gasteiger partial charge in [-0.3, -0.25) is 9.59 Å². The van der Waals surface area contributed by atoms with Crippen LogP contribution in [0.5, 0.6) is 11.5 Å². The summed E-state index contributed by atoms with van der Waals surface area (Å²) in [6, 6.07) is 18.3. The van der Waals surface area contributed by atoms with E-state index in [1.807, 2.05) is 58.9 Å². The first-order chi connectivity index (χ1) is 28.0. The maximum atomic E-state index is 14.2. The predicted octanol–water partition coefficient (Wildman–Crippen LogP) is 8.64. The van der Waals surface area contributed by atoms with Crippen molar-refractivity contribution in [3.63, 3.8) is 0 Å². The van der Waals surface area contributed by atoms with E-state index in [1.54, 1.807) is 56.3 Å². The Morgan fingerprint density at radius 1 is 0.797 bits per heavy atom. The number of benzene rings is 3. The zero-order valence-electron chi connectivity index (χ0n) is 35.9. The average Bonchev–Trinajstić information content (AvgIpc) is 3.61. The Bertz CT molecular complexity index is 1980. The van der Waals surface area contributed by atoms with E-state index < -0.39 is 28.6 Å². The number of hydrogen-bond donors (Lipinski definition) is 3. The highest BCUT2D eigenvalue weighted by atomic mass is 35.5. The third-order valence-electron chi connectivity index (χ3n) is 11.3. The molecule has 2 unspecified atom stereocenters. The summed E-state index contributed by atoms with van der Waals surface area (Å²) in [4.78, 5) is 52.2. The number of carbonyl (C=O) groups excluding carboxylic acids is 2. The fraction of sp³-hybridized carbons (Fsp3) is 0.511. The van der Waals surface area contributed by atoms with Gasteiger partial charge in [-0.25, -0.2) is 0 Å². The van der Waals surface area contributed by atoms with Gasteiger partial charge >= 0.3 is 0 Å². The van der Waals surface area contributed by atoms with Gasteiger partial charge in [0.2, 0.25) is 0 Å². The summed E-state index contributed by atoms with van der Waals surface area (Å²) in [7, 11) is 0. The molecule has 0 saturated heterocycles. The summed E-state index contributed by atoms with van der Waals surface area (Å²) >= 11 is 6.39. The fourth-order valence-corrected chi connectivity index (χ4v) is 6.38. The van der Waals surface area contributed by atoms with Crippen LogP contribution in [-0.4, -0.2) is 92.2 Å². The maximum Gasteiger partial charge on any atom is 0.257 e. The maximum absolute atomic E-state index is 14.2. The van der Waals surface area contributed by atoms with Crippen LogP contribution < -0.4 is 25.4 Å². The molecular weight excluding hydrogens is 772 g/mol. The van der Waals surface area contributed by atoms with Crippen LogP contribution in [-0.2, 0) is 4.79 Å². The average molecular weight is 833 g/mol. The number of rotatable bonds is 25. The van der Waals surface area contributed by atoms with Gasteiger partial charge in [-0.15, -0.1) is 0 Å². The number of amides is 1. The third-order valence-corrected chi connectivity index (χ3v) is 11.6. The number of ketones is 1. The second-order valence-corrected chi connectivity index (χ2v) is 17.1. The molecule has 4 aromatic rings. The topological polar surface area (TPSA) is 164 Å². The fourth-order valence-electron chi connectivity index (χ4n) is 6.21. The lowest BCUT2D eigenvalue weighted by Crippen LogP contribution is -2.58. The van der Waals surface area contributed by atoms with Gasteiger partial charge < -0.3 is 34.7 Å². The van der Waals surface area contributed by atoms with E-state index in [-0.39, 0.29) is 24.8 Å². The molecule has 320 valence electrons. The normalized spacial score (nSPS) is 14.1. The number of nitrogens with zero attached hydrogens (tertiary/aromatic N) is 3. The van der Waals surface area contributed by atoms with E-state index >= 15 is 0 Å². The first-order valence-electron chi connectivity index (χ1n) is 20.3. The van der Waals surface area contributed by atoms with Crippen LogP contribution in [0.4, 0.5) is 0 Å². The molecule has 1 aromatic heterocycles. The van der Waals surface area contributed by atoms with E-state index in [4.69, 9.17) is 25.5 Å². The molecule has 3 aromatic carbocycles. The number of nitroso groups, excluding NO2 is 2. The summed E-state index contributed by atoms with van der Waals surface area (Å²) < 4.78 is 18.1. The highest BCUT2D eigenvalue weighted by molar-refractivity contribution is 6.32. The van der Waals surface area contributed by atoms with Crippen molar-refractivity contribution in [2.45, 2.75) is 91.9 Å². The zero-order chi connectivity index (χ0) is 43.4. The Morgan fingerprint density at radius 2 is 1.36 bits per heavy atom. The van der Waals surface area contributed by atoms with Crippen molar-refractivity contribution in [2.75, 3.05) is 52.5 Å². The second-order valence-electron chi connectivity index (χ2n) is 16.6. The minimum Gasteiger partial charge on any atom is -0.494 e. The molecule has 2 atom stereocenters. The van der Waals surface area contributed by atoms with Gasteiger partial charge in [0.1, 0.15) is 34.9 Å². The molecular formula is C45H61ClN6O7. The monoisotopic (exact) mass is 832 g/mol. The van der Waals surface area contributed by atoms with Crippen molar-refractivity contribution in [3.05, 3.63) is 92.7 Å². The van der Waals surface area contributed by atoms with E-state index in [1.165, 1.54) is 0 Å². The number of hydrogen-bond acceptors (Lipinski definition) is 12. The van der Waals surface area contributed by atoms with Crippen LogP contribution >= 0.6 is 11.6 Å². The minimum absolute atomic E-state index is 0.258. The standard InChI is InChI=1S/C45H61ClN6O7/c1-10-52(11-2)23-12-24-57-35-20-15-33(16-21-35)42-40(37-25-34(46)17-22-38(37)59-42)41(54)32-13-18-36(19-14-32)58-26-39(53)47-27-45(9,28-48-43(5,6)30(3)50-55)29-49-44(7,8)31(4)51-56/h13-22,25,30-31,48-49H,10-12,23-24,26-29H2,1-9H3,(H,47,53). The van der Waals surface area contributed by atoms with Gasteiger partial charge in [0.25, 0.3) is 5.91 Å². The van der Waals surface area contributed by atoms with Crippen molar-refractivity contribution in [2.24, 2.45) is 15.8 Å². The molecule has 0 spiro atoms. The molecule has 0 fully saturated rings. The van der Waals surface area contributed by atoms with Crippen LogP contribution in [0.3, 0.4) is 0 Å². The van der Waals surface area contributed by atoms with Crippen LogP contribution in [0, 0.1) is 15.2 Å². The molecule has 0 saturated carbocycles. The summed E-state index contributed by atoms with van der Waals surface area (Å²) in [5.41, 5.74) is 0.306. The van der Waals surface area contributed by atoms with E-state index in [2.05, 4.69) is 45.1 Å². The number of halogens is 1. The van der Waals surface area contributed by atoms with Crippen LogP contribution in [0.2, 0.25) is 5.02 Å². The number of ether oxygens (including phenoxy) is 2. The molecule has 0 bridgehead atoms. The van der Waals surface area contributed by atoms with E-state index in [9.17, 15) is 19.4 Å². The Hall–Kier alpha value is -4.69. The lowest BCUT2D eigenvalue weighted by molar-refractivity contribution is -0.123. The largest absolute Gasteiger partial charge is 0.494 e. The Morgan fingerprint density at radius 3 is 1.92 bits per heavy atom. The molecule has 1 amide bonds. The van der Waals surface area contributed by atoms with Gasteiger partial charge in [-0.2, -0.15) is 9.81 Å². The number of carbonyl (C=O) groups is 2. The lowest BCUT2D eigenvalue weighted by atomic mass is 9.85. The van der Waals surface area contributed by atoms with Crippen molar-refractivity contribution in [1.29, 1.82) is 0 Å².